The van der Waals surface area contributed by atoms with Gasteiger partial charge in [-0.15, -0.1) is 0 Å². The van der Waals surface area contributed by atoms with Crippen molar-refractivity contribution < 1.29 is 19.4 Å². The number of thiazole rings is 1. The molecule has 0 spiro atoms. The first-order valence-corrected chi connectivity index (χ1v) is 11.4. The van der Waals surface area contributed by atoms with E-state index in [-0.39, 0.29) is 18.7 Å². The zero-order valence-corrected chi connectivity index (χ0v) is 18.4. The van der Waals surface area contributed by atoms with Crippen LogP contribution in [0.2, 0.25) is 0 Å². The van der Waals surface area contributed by atoms with E-state index in [9.17, 15) is 9.90 Å². The van der Waals surface area contributed by atoms with Crippen LogP contribution in [-0.4, -0.2) is 74.1 Å². The van der Waals surface area contributed by atoms with Gasteiger partial charge in [0, 0.05) is 32.8 Å². The van der Waals surface area contributed by atoms with Crippen LogP contribution in [0.5, 0.6) is 5.75 Å². The van der Waals surface area contributed by atoms with Gasteiger partial charge >= 0.3 is 6.03 Å². The lowest BCUT2D eigenvalue weighted by Crippen LogP contribution is -2.42. The Labute approximate surface area is 180 Å². The summed E-state index contributed by atoms with van der Waals surface area (Å²) >= 11 is 1.48. The molecule has 0 atom stereocenters. The average Bonchev–Trinajstić information content (AvgIpc) is 3.22. The van der Waals surface area contributed by atoms with E-state index in [0.717, 1.165) is 54.7 Å². The number of aromatic nitrogens is 1. The van der Waals surface area contributed by atoms with Gasteiger partial charge in [0.1, 0.15) is 11.3 Å². The molecule has 2 heterocycles. The molecule has 30 heavy (non-hydrogen) atoms. The van der Waals surface area contributed by atoms with Crippen molar-refractivity contribution in [2.24, 2.45) is 5.92 Å². The fraction of sp³-hybridized carbons (Fsp3) is 0.619. The number of aliphatic hydroxyl groups is 1. The van der Waals surface area contributed by atoms with E-state index in [1.165, 1.54) is 11.3 Å². The van der Waals surface area contributed by atoms with Crippen molar-refractivity contribution in [3.63, 3.8) is 0 Å². The number of nitrogens with one attached hydrogen (secondary N) is 1. The lowest BCUT2D eigenvalue weighted by atomic mass is 9.86. The molecule has 1 aliphatic heterocycles. The second-order valence-electron chi connectivity index (χ2n) is 7.98. The Morgan fingerprint density at radius 2 is 2.07 bits per heavy atom. The number of fused-ring (bicyclic) bond motifs is 1. The molecule has 1 saturated carbocycles. The number of rotatable bonds is 5. The third-order valence-corrected chi connectivity index (χ3v) is 7.21. The molecule has 2 aromatic rings. The Balaban J connectivity index is 1.52. The topological polar surface area (TPSA) is 87.2 Å². The smallest absolute Gasteiger partial charge is 0.323 e. The highest BCUT2D eigenvalue weighted by Gasteiger charge is 2.27. The Morgan fingerprint density at radius 3 is 2.73 bits per heavy atom. The number of urea groups is 1. The van der Waals surface area contributed by atoms with Gasteiger partial charge in [-0.1, -0.05) is 11.3 Å². The monoisotopic (exact) mass is 434 g/mol. The maximum absolute atomic E-state index is 12.9. The van der Waals surface area contributed by atoms with Crippen molar-refractivity contribution in [2.75, 3.05) is 57.3 Å². The minimum Gasteiger partial charge on any atom is -0.494 e. The maximum atomic E-state index is 12.9. The molecule has 2 N–H and O–H groups in total. The molecular formula is C21H30N4O4S. The third-order valence-electron chi connectivity index (χ3n) is 6.21. The molecule has 1 aliphatic carbocycles. The number of anilines is 2. The molecule has 1 aromatic heterocycles. The van der Waals surface area contributed by atoms with Crippen LogP contribution >= 0.6 is 11.3 Å². The van der Waals surface area contributed by atoms with Crippen LogP contribution in [0.3, 0.4) is 0 Å². The summed E-state index contributed by atoms with van der Waals surface area (Å²) in [7, 11) is 3.48. The minimum atomic E-state index is -0.145. The third kappa shape index (κ3) is 4.33. The number of carbonyl (C=O) groups excluding carboxylic acids is 1. The number of morpholine rings is 1. The Hall–Kier alpha value is -2.10. The van der Waals surface area contributed by atoms with Gasteiger partial charge in [-0.05, 0) is 43.7 Å². The summed E-state index contributed by atoms with van der Waals surface area (Å²) in [4.78, 5) is 21.6. The van der Waals surface area contributed by atoms with E-state index < -0.39 is 0 Å². The van der Waals surface area contributed by atoms with Gasteiger partial charge in [-0.2, -0.15) is 0 Å². The number of aliphatic hydroxyl groups excluding tert-OH is 1. The molecule has 2 amide bonds. The van der Waals surface area contributed by atoms with Crippen LogP contribution in [0.15, 0.2) is 12.1 Å². The molecular weight excluding hydrogens is 404 g/mol. The highest BCUT2D eigenvalue weighted by molar-refractivity contribution is 7.23. The molecule has 2 aliphatic rings. The summed E-state index contributed by atoms with van der Waals surface area (Å²) in [5.74, 6) is 1.07. The predicted molar refractivity (Wildman–Crippen MR) is 119 cm³/mol. The number of benzene rings is 1. The Morgan fingerprint density at radius 1 is 1.33 bits per heavy atom. The normalized spacial score (nSPS) is 22.2. The number of amides is 2. The van der Waals surface area contributed by atoms with Crippen LogP contribution in [0.4, 0.5) is 15.6 Å². The Bertz CT molecular complexity index is 875. The number of ether oxygens (including phenoxy) is 2. The highest BCUT2D eigenvalue weighted by Crippen LogP contribution is 2.39. The fourth-order valence-corrected chi connectivity index (χ4v) is 5.31. The standard InChI is InChI=1S/C21H30N4O4S/c1-24(15-5-3-14(13-26)4-6-15)21(27)23-20-22-18-17(28-2)8-7-16(19(18)30-20)25-9-11-29-12-10-25/h7-8,14-15,26H,3-6,9-13H2,1-2H3,(H,22,23,27). The van der Waals surface area contributed by atoms with Crippen LogP contribution < -0.4 is 15.0 Å². The molecule has 0 bridgehead atoms. The van der Waals surface area contributed by atoms with Gasteiger partial charge in [-0.25, -0.2) is 9.78 Å². The zero-order valence-electron chi connectivity index (χ0n) is 17.6. The molecule has 2 fully saturated rings. The average molecular weight is 435 g/mol. The lowest BCUT2D eigenvalue weighted by molar-refractivity contribution is 0.123. The summed E-state index contributed by atoms with van der Waals surface area (Å²) in [5, 5.41) is 12.9. The van der Waals surface area contributed by atoms with Gasteiger partial charge in [-0.3, -0.25) is 5.32 Å². The predicted octanol–water partition coefficient (Wildman–Crippen LogP) is 3.16. The number of carbonyl (C=O) groups is 1. The number of nitrogens with zero attached hydrogens (tertiary/aromatic N) is 3. The van der Waals surface area contributed by atoms with Crippen LogP contribution in [0.1, 0.15) is 25.7 Å². The van der Waals surface area contributed by atoms with Gasteiger partial charge in [0.05, 0.1) is 30.7 Å². The van der Waals surface area contributed by atoms with E-state index in [4.69, 9.17) is 9.47 Å². The van der Waals surface area contributed by atoms with Crippen molar-refractivity contribution in [1.29, 1.82) is 0 Å². The number of hydrogen-bond donors (Lipinski definition) is 2. The zero-order chi connectivity index (χ0) is 21.1. The van der Waals surface area contributed by atoms with Gasteiger partial charge in [0.25, 0.3) is 0 Å². The molecule has 164 valence electrons. The largest absolute Gasteiger partial charge is 0.494 e. The SMILES string of the molecule is COc1ccc(N2CCOCC2)c2sc(NC(=O)N(C)C3CCC(CO)CC3)nc12. The van der Waals surface area contributed by atoms with Crippen LogP contribution in [-0.2, 0) is 4.74 Å². The fourth-order valence-electron chi connectivity index (χ4n) is 4.30. The van der Waals surface area contributed by atoms with Crippen LogP contribution in [0.25, 0.3) is 10.2 Å². The van der Waals surface area contributed by atoms with Crippen molar-refractivity contribution >= 4 is 38.4 Å². The molecule has 0 unspecified atom stereocenters. The van der Waals surface area contributed by atoms with Crippen molar-refractivity contribution in [1.82, 2.24) is 9.88 Å². The first-order valence-electron chi connectivity index (χ1n) is 10.6. The van der Waals surface area contributed by atoms with Gasteiger partial charge < -0.3 is 24.4 Å². The van der Waals surface area contributed by atoms with Gasteiger partial charge in [0.2, 0.25) is 0 Å². The molecule has 1 aromatic carbocycles. The molecule has 9 heteroatoms. The highest BCUT2D eigenvalue weighted by atomic mass is 32.1. The summed E-state index contributed by atoms with van der Waals surface area (Å²) in [6.45, 7) is 3.32. The summed E-state index contributed by atoms with van der Waals surface area (Å²) in [6.07, 6.45) is 3.76. The number of methoxy groups -OCH3 is 1. The lowest BCUT2D eigenvalue weighted by Gasteiger charge is -2.33. The first kappa shape index (κ1) is 21.1. The second kappa shape index (κ2) is 9.36. The van der Waals surface area contributed by atoms with Gasteiger partial charge in [0.15, 0.2) is 5.13 Å². The van der Waals surface area contributed by atoms with E-state index in [0.29, 0.717) is 30.0 Å². The van der Waals surface area contributed by atoms with Crippen molar-refractivity contribution in [2.45, 2.75) is 31.7 Å². The summed E-state index contributed by atoms with van der Waals surface area (Å²) in [5.41, 5.74) is 1.87. The van der Waals surface area contributed by atoms with E-state index in [1.807, 2.05) is 13.1 Å². The quantitative estimate of drug-likeness (QED) is 0.752. The van der Waals surface area contributed by atoms with Crippen LogP contribution in [0, 0.1) is 5.92 Å². The maximum Gasteiger partial charge on any atom is 0.323 e. The number of hydrogen-bond acceptors (Lipinski definition) is 7. The molecule has 8 nitrogen and oxygen atoms in total. The summed E-state index contributed by atoms with van der Waals surface area (Å²) < 4.78 is 12.0. The molecule has 0 radical (unpaired) electrons. The van der Waals surface area contributed by atoms with Crippen molar-refractivity contribution in [3.8, 4) is 5.75 Å². The van der Waals surface area contributed by atoms with E-state index in [2.05, 4.69) is 21.3 Å². The van der Waals surface area contributed by atoms with Crippen molar-refractivity contribution in [3.05, 3.63) is 12.1 Å². The van der Waals surface area contributed by atoms with E-state index in [1.54, 1.807) is 12.0 Å². The Kier molecular flexibility index (Phi) is 6.60. The van der Waals surface area contributed by atoms with E-state index >= 15 is 0 Å². The molecule has 4 rings (SSSR count). The summed E-state index contributed by atoms with van der Waals surface area (Å²) in [6, 6.07) is 4.04. The first-order chi connectivity index (χ1) is 14.6. The minimum absolute atomic E-state index is 0.145. The molecule has 1 saturated heterocycles. The second-order valence-corrected chi connectivity index (χ2v) is 8.98.